The van der Waals surface area contributed by atoms with Gasteiger partial charge in [-0.05, 0) is 33.0 Å². The van der Waals surface area contributed by atoms with Gasteiger partial charge in [-0.1, -0.05) is 11.6 Å². The zero-order chi connectivity index (χ0) is 13.1. The fourth-order valence-corrected chi connectivity index (χ4v) is 2.15. The van der Waals surface area contributed by atoms with Gasteiger partial charge in [0, 0.05) is 23.4 Å². The Morgan fingerprint density at radius 3 is 2.78 bits per heavy atom. The summed E-state index contributed by atoms with van der Waals surface area (Å²) in [6.45, 7) is 4.84. The normalized spacial score (nSPS) is 10.7. The molecule has 2 N–H and O–H groups in total. The molecule has 0 aliphatic rings. The lowest BCUT2D eigenvalue weighted by Gasteiger charge is -2.10. The highest BCUT2D eigenvalue weighted by Gasteiger charge is 2.15. The number of benzene rings is 1. The minimum absolute atomic E-state index is 0.733. The smallest absolute Gasteiger partial charge is 0.126 e. The Bertz CT molecular complexity index is 546. The fraction of sp³-hybridized carbons (Fsp3) is 0.357. The minimum Gasteiger partial charge on any atom is -0.496 e. The summed E-state index contributed by atoms with van der Waals surface area (Å²) < 4.78 is 5.45. The number of hydrogen-bond donors (Lipinski definition) is 2. The van der Waals surface area contributed by atoms with Gasteiger partial charge in [-0.2, -0.15) is 5.10 Å². The van der Waals surface area contributed by atoms with Crippen molar-refractivity contribution in [1.29, 1.82) is 0 Å². The molecule has 0 unspecified atom stereocenters. The Morgan fingerprint density at radius 1 is 1.33 bits per heavy atom. The third-order valence-electron chi connectivity index (χ3n) is 2.99. The van der Waals surface area contributed by atoms with Crippen molar-refractivity contribution in [2.45, 2.75) is 20.4 Å². The molecule has 0 fully saturated rings. The maximum absolute atomic E-state index is 5.45. The third kappa shape index (κ3) is 2.24. The van der Waals surface area contributed by atoms with E-state index in [4.69, 9.17) is 4.74 Å². The molecule has 4 heteroatoms. The van der Waals surface area contributed by atoms with Gasteiger partial charge in [0.05, 0.1) is 12.8 Å². The van der Waals surface area contributed by atoms with Gasteiger partial charge in [0.2, 0.25) is 0 Å². The molecule has 18 heavy (non-hydrogen) atoms. The van der Waals surface area contributed by atoms with E-state index in [1.54, 1.807) is 7.11 Å². The number of H-pyrrole nitrogens is 1. The number of rotatable bonds is 4. The molecule has 1 aromatic carbocycles. The quantitative estimate of drug-likeness (QED) is 0.869. The van der Waals surface area contributed by atoms with Crippen molar-refractivity contribution < 1.29 is 4.74 Å². The fourth-order valence-electron chi connectivity index (χ4n) is 2.15. The van der Waals surface area contributed by atoms with Crippen LogP contribution in [0.1, 0.15) is 17.0 Å². The zero-order valence-corrected chi connectivity index (χ0v) is 11.3. The van der Waals surface area contributed by atoms with Crippen LogP contribution in [0, 0.1) is 13.8 Å². The summed E-state index contributed by atoms with van der Waals surface area (Å²) in [6.07, 6.45) is 0. The molecule has 96 valence electrons. The standard InChI is InChI=1S/C14H19N3O/c1-9-5-6-13(18-4)11(7-9)14-10(2)16-17-12(14)8-15-3/h5-7,15H,8H2,1-4H3,(H,16,17). The van der Waals surface area contributed by atoms with Crippen LogP contribution in [-0.2, 0) is 6.54 Å². The summed E-state index contributed by atoms with van der Waals surface area (Å²) in [4.78, 5) is 0. The summed E-state index contributed by atoms with van der Waals surface area (Å²) in [5.74, 6) is 0.877. The van der Waals surface area contributed by atoms with Gasteiger partial charge in [-0.25, -0.2) is 0 Å². The van der Waals surface area contributed by atoms with E-state index in [0.717, 1.165) is 34.8 Å². The summed E-state index contributed by atoms with van der Waals surface area (Å²) in [5.41, 5.74) is 5.50. The molecular weight excluding hydrogens is 226 g/mol. The number of aryl methyl sites for hydroxylation is 2. The predicted octanol–water partition coefficient (Wildman–Crippen LogP) is 2.42. The number of ether oxygens (including phenoxy) is 1. The van der Waals surface area contributed by atoms with Crippen molar-refractivity contribution in [3.05, 3.63) is 35.2 Å². The molecule has 0 radical (unpaired) electrons. The SMILES string of the molecule is CNCc1n[nH]c(C)c1-c1cc(C)ccc1OC. The van der Waals surface area contributed by atoms with E-state index in [1.807, 2.05) is 20.0 Å². The molecule has 0 amide bonds. The minimum atomic E-state index is 0.733. The second-order valence-corrected chi connectivity index (χ2v) is 4.40. The van der Waals surface area contributed by atoms with Crippen LogP contribution in [0.25, 0.3) is 11.1 Å². The summed E-state index contributed by atoms with van der Waals surface area (Å²) in [6, 6.07) is 6.19. The van der Waals surface area contributed by atoms with Crippen LogP contribution in [0.2, 0.25) is 0 Å². The molecule has 0 saturated carbocycles. The van der Waals surface area contributed by atoms with E-state index in [1.165, 1.54) is 5.56 Å². The van der Waals surface area contributed by atoms with Crippen molar-refractivity contribution in [3.63, 3.8) is 0 Å². The lowest BCUT2D eigenvalue weighted by molar-refractivity contribution is 0.416. The summed E-state index contributed by atoms with van der Waals surface area (Å²) in [5, 5.41) is 10.5. The van der Waals surface area contributed by atoms with E-state index in [2.05, 4.69) is 34.6 Å². The van der Waals surface area contributed by atoms with Crippen molar-refractivity contribution in [2.75, 3.05) is 14.2 Å². The number of nitrogens with one attached hydrogen (secondary N) is 2. The average Bonchev–Trinajstić information content (AvgIpc) is 2.71. The second kappa shape index (κ2) is 5.23. The van der Waals surface area contributed by atoms with Gasteiger partial charge in [-0.15, -0.1) is 0 Å². The molecular formula is C14H19N3O. The van der Waals surface area contributed by atoms with Crippen LogP contribution in [0.3, 0.4) is 0 Å². The van der Waals surface area contributed by atoms with E-state index in [0.29, 0.717) is 0 Å². The zero-order valence-electron chi connectivity index (χ0n) is 11.3. The van der Waals surface area contributed by atoms with Gasteiger partial charge in [-0.3, -0.25) is 5.10 Å². The first-order valence-electron chi connectivity index (χ1n) is 6.00. The van der Waals surface area contributed by atoms with Gasteiger partial charge < -0.3 is 10.1 Å². The van der Waals surface area contributed by atoms with Gasteiger partial charge >= 0.3 is 0 Å². The van der Waals surface area contributed by atoms with Crippen LogP contribution in [0.5, 0.6) is 5.75 Å². The number of aromatic nitrogens is 2. The monoisotopic (exact) mass is 245 g/mol. The lowest BCUT2D eigenvalue weighted by Crippen LogP contribution is -2.06. The first-order chi connectivity index (χ1) is 8.67. The van der Waals surface area contributed by atoms with Gasteiger partial charge in [0.25, 0.3) is 0 Å². The molecule has 0 spiro atoms. The lowest BCUT2D eigenvalue weighted by atomic mass is 10.00. The largest absolute Gasteiger partial charge is 0.496 e. The predicted molar refractivity (Wildman–Crippen MR) is 72.8 cm³/mol. The van der Waals surface area contributed by atoms with Crippen molar-refractivity contribution in [2.24, 2.45) is 0 Å². The second-order valence-electron chi connectivity index (χ2n) is 4.40. The third-order valence-corrected chi connectivity index (χ3v) is 2.99. The number of aromatic amines is 1. The Kier molecular flexibility index (Phi) is 3.67. The highest BCUT2D eigenvalue weighted by atomic mass is 16.5. The molecule has 2 rings (SSSR count). The van der Waals surface area contributed by atoms with E-state index < -0.39 is 0 Å². The molecule has 0 saturated heterocycles. The maximum Gasteiger partial charge on any atom is 0.126 e. The van der Waals surface area contributed by atoms with Crippen LogP contribution >= 0.6 is 0 Å². The van der Waals surface area contributed by atoms with E-state index in [-0.39, 0.29) is 0 Å². The van der Waals surface area contributed by atoms with Gasteiger partial charge in [0.1, 0.15) is 5.75 Å². The first-order valence-corrected chi connectivity index (χ1v) is 6.00. The number of nitrogens with zero attached hydrogens (tertiary/aromatic N) is 1. The summed E-state index contributed by atoms with van der Waals surface area (Å²) >= 11 is 0. The first kappa shape index (κ1) is 12.6. The van der Waals surface area contributed by atoms with Crippen LogP contribution in [0.15, 0.2) is 18.2 Å². The Hall–Kier alpha value is -1.81. The van der Waals surface area contributed by atoms with Crippen LogP contribution in [0.4, 0.5) is 0 Å². The molecule has 0 atom stereocenters. The number of hydrogen-bond acceptors (Lipinski definition) is 3. The molecule has 1 aromatic heterocycles. The van der Waals surface area contributed by atoms with Crippen molar-refractivity contribution in [3.8, 4) is 16.9 Å². The molecule has 2 aromatic rings. The topological polar surface area (TPSA) is 49.9 Å². The summed E-state index contributed by atoms with van der Waals surface area (Å²) in [7, 11) is 3.61. The Balaban J connectivity index is 2.60. The Labute approximate surface area is 107 Å². The highest BCUT2D eigenvalue weighted by molar-refractivity contribution is 5.75. The Morgan fingerprint density at radius 2 is 2.11 bits per heavy atom. The van der Waals surface area contributed by atoms with Crippen LogP contribution in [-0.4, -0.2) is 24.4 Å². The molecule has 1 heterocycles. The van der Waals surface area contributed by atoms with Crippen molar-refractivity contribution in [1.82, 2.24) is 15.5 Å². The average molecular weight is 245 g/mol. The van der Waals surface area contributed by atoms with E-state index >= 15 is 0 Å². The van der Waals surface area contributed by atoms with Crippen molar-refractivity contribution >= 4 is 0 Å². The van der Waals surface area contributed by atoms with Gasteiger partial charge in [0.15, 0.2) is 0 Å². The molecule has 0 aliphatic heterocycles. The molecule has 0 bridgehead atoms. The van der Waals surface area contributed by atoms with Crippen LogP contribution < -0.4 is 10.1 Å². The molecule has 0 aliphatic carbocycles. The highest BCUT2D eigenvalue weighted by Crippen LogP contribution is 2.34. The molecule has 4 nitrogen and oxygen atoms in total. The maximum atomic E-state index is 5.45. The number of methoxy groups -OCH3 is 1. The van der Waals surface area contributed by atoms with E-state index in [9.17, 15) is 0 Å².